The Hall–Kier alpha value is -1.13. The molecule has 3 nitrogen and oxygen atoms in total. The van der Waals surface area contributed by atoms with Gasteiger partial charge in [-0.05, 0) is 29.5 Å². The van der Waals surface area contributed by atoms with E-state index in [1.165, 1.54) is 6.07 Å². The van der Waals surface area contributed by atoms with E-state index in [4.69, 9.17) is 4.74 Å². The number of hydrogen-bond donors (Lipinski definition) is 1. The predicted molar refractivity (Wildman–Crippen MR) is 80.1 cm³/mol. The van der Waals surface area contributed by atoms with E-state index in [0.717, 1.165) is 50.3 Å². The molecule has 4 heteroatoms. The molecule has 1 aliphatic rings. The van der Waals surface area contributed by atoms with E-state index in [1.807, 2.05) is 19.9 Å². The Balaban J connectivity index is 2.10. The van der Waals surface area contributed by atoms with Crippen LogP contribution in [0.4, 0.5) is 4.39 Å². The molecule has 1 heterocycles. The summed E-state index contributed by atoms with van der Waals surface area (Å²) < 4.78 is 19.3. The van der Waals surface area contributed by atoms with Crippen molar-refractivity contribution in [3.8, 4) is 5.75 Å². The Morgan fingerprint density at radius 1 is 1.30 bits per heavy atom. The maximum atomic E-state index is 14.0. The first-order valence-electron chi connectivity index (χ1n) is 7.41. The molecular formula is C16H25FN2O. The zero-order valence-corrected chi connectivity index (χ0v) is 12.7. The Morgan fingerprint density at radius 2 is 2.00 bits per heavy atom. The number of methoxy groups -OCH3 is 1. The van der Waals surface area contributed by atoms with Crippen LogP contribution < -0.4 is 10.1 Å². The van der Waals surface area contributed by atoms with Crippen molar-refractivity contribution in [1.29, 1.82) is 0 Å². The van der Waals surface area contributed by atoms with Gasteiger partial charge in [0, 0.05) is 38.8 Å². The number of halogens is 1. The summed E-state index contributed by atoms with van der Waals surface area (Å²) in [4.78, 5) is 2.44. The normalized spacial score (nSPS) is 16.6. The molecule has 1 aromatic rings. The van der Waals surface area contributed by atoms with Crippen LogP contribution in [0.25, 0.3) is 0 Å². The highest BCUT2D eigenvalue weighted by Crippen LogP contribution is 2.27. The summed E-state index contributed by atoms with van der Waals surface area (Å²) in [6.45, 7) is 9.31. The molecule has 0 radical (unpaired) electrons. The van der Waals surface area contributed by atoms with Crippen LogP contribution >= 0.6 is 0 Å². The van der Waals surface area contributed by atoms with Gasteiger partial charge >= 0.3 is 0 Å². The number of benzene rings is 1. The Bertz CT molecular complexity index is 442. The molecule has 0 unspecified atom stereocenters. The van der Waals surface area contributed by atoms with E-state index in [9.17, 15) is 4.39 Å². The van der Waals surface area contributed by atoms with Gasteiger partial charge in [0.15, 0.2) is 0 Å². The summed E-state index contributed by atoms with van der Waals surface area (Å²) >= 11 is 0. The minimum Gasteiger partial charge on any atom is -0.496 e. The minimum atomic E-state index is -0.164. The molecule has 20 heavy (non-hydrogen) atoms. The summed E-state index contributed by atoms with van der Waals surface area (Å²) in [7, 11) is 1.61. The smallest absolute Gasteiger partial charge is 0.130 e. The molecule has 0 aliphatic carbocycles. The first-order valence-corrected chi connectivity index (χ1v) is 7.41. The second-order valence-corrected chi connectivity index (χ2v) is 5.68. The summed E-state index contributed by atoms with van der Waals surface area (Å²) in [5.74, 6) is 0.698. The molecule has 0 amide bonds. The number of ether oxygens (including phenoxy) is 1. The van der Waals surface area contributed by atoms with Crippen molar-refractivity contribution in [1.82, 2.24) is 10.2 Å². The molecule has 0 spiro atoms. The quantitative estimate of drug-likeness (QED) is 0.896. The van der Waals surface area contributed by atoms with Gasteiger partial charge in [0.2, 0.25) is 0 Å². The molecule has 2 rings (SSSR count). The molecule has 112 valence electrons. The van der Waals surface area contributed by atoms with Crippen molar-refractivity contribution in [2.24, 2.45) is 0 Å². The minimum absolute atomic E-state index is 0.164. The first-order chi connectivity index (χ1) is 9.61. The maximum Gasteiger partial charge on any atom is 0.130 e. The van der Waals surface area contributed by atoms with Gasteiger partial charge in [-0.25, -0.2) is 4.39 Å². The van der Waals surface area contributed by atoms with Crippen molar-refractivity contribution in [2.45, 2.75) is 26.2 Å². The fourth-order valence-corrected chi connectivity index (χ4v) is 2.66. The maximum absolute atomic E-state index is 14.0. The third-order valence-corrected chi connectivity index (χ3v) is 3.93. The van der Waals surface area contributed by atoms with Crippen LogP contribution in [0.2, 0.25) is 0 Å². The van der Waals surface area contributed by atoms with Gasteiger partial charge in [-0.1, -0.05) is 13.8 Å². The van der Waals surface area contributed by atoms with Gasteiger partial charge in [0.05, 0.1) is 7.11 Å². The highest BCUT2D eigenvalue weighted by molar-refractivity contribution is 5.39. The molecule has 1 fully saturated rings. The Kier molecular flexibility index (Phi) is 5.38. The highest BCUT2D eigenvalue weighted by Gasteiger charge is 2.15. The lowest BCUT2D eigenvalue weighted by atomic mass is 9.98. The van der Waals surface area contributed by atoms with Gasteiger partial charge in [0.25, 0.3) is 0 Å². The van der Waals surface area contributed by atoms with Crippen LogP contribution in [0.5, 0.6) is 5.75 Å². The predicted octanol–water partition coefficient (Wildman–Crippen LogP) is 2.41. The summed E-state index contributed by atoms with van der Waals surface area (Å²) in [6.07, 6.45) is 0.906. The van der Waals surface area contributed by atoms with E-state index in [0.29, 0.717) is 5.75 Å². The van der Waals surface area contributed by atoms with Crippen molar-refractivity contribution in [2.75, 3.05) is 39.8 Å². The fraction of sp³-hybridized carbons (Fsp3) is 0.625. The Morgan fingerprint density at radius 3 is 2.60 bits per heavy atom. The zero-order valence-electron chi connectivity index (χ0n) is 12.7. The third kappa shape index (κ3) is 3.70. The van der Waals surface area contributed by atoms with Crippen molar-refractivity contribution >= 4 is 0 Å². The van der Waals surface area contributed by atoms with Crippen LogP contribution in [0.3, 0.4) is 0 Å². The molecule has 0 atom stereocenters. The highest BCUT2D eigenvalue weighted by atomic mass is 19.1. The SMILES string of the molecule is COc1cc(F)c(C(C)C)cc1CCN1CCNCC1. The van der Waals surface area contributed by atoms with Crippen LogP contribution in [0, 0.1) is 5.82 Å². The lowest BCUT2D eigenvalue weighted by Crippen LogP contribution is -2.44. The average molecular weight is 280 g/mol. The van der Waals surface area contributed by atoms with E-state index in [-0.39, 0.29) is 11.7 Å². The molecule has 1 aromatic carbocycles. The van der Waals surface area contributed by atoms with Gasteiger partial charge < -0.3 is 15.0 Å². The number of nitrogens with zero attached hydrogens (tertiary/aromatic N) is 1. The van der Waals surface area contributed by atoms with Gasteiger partial charge in [0.1, 0.15) is 11.6 Å². The number of hydrogen-bond acceptors (Lipinski definition) is 3. The molecular weight excluding hydrogens is 255 g/mol. The van der Waals surface area contributed by atoms with E-state index < -0.39 is 0 Å². The second-order valence-electron chi connectivity index (χ2n) is 5.68. The topological polar surface area (TPSA) is 24.5 Å². The lowest BCUT2D eigenvalue weighted by molar-refractivity contribution is 0.243. The second kappa shape index (κ2) is 7.04. The van der Waals surface area contributed by atoms with E-state index in [1.54, 1.807) is 7.11 Å². The van der Waals surface area contributed by atoms with Crippen LogP contribution in [-0.4, -0.2) is 44.7 Å². The van der Waals surface area contributed by atoms with Crippen LogP contribution in [0.1, 0.15) is 30.9 Å². The van der Waals surface area contributed by atoms with Crippen molar-refractivity contribution in [3.63, 3.8) is 0 Å². The third-order valence-electron chi connectivity index (χ3n) is 3.93. The average Bonchev–Trinajstić information content (AvgIpc) is 2.46. The number of rotatable bonds is 5. The zero-order chi connectivity index (χ0) is 14.5. The molecule has 1 saturated heterocycles. The van der Waals surface area contributed by atoms with Gasteiger partial charge in [-0.2, -0.15) is 0 Å². The molecule has 0 bridgehead atoms. The largest absolute Gasteiger partial charge is 0.496 e. The summed E-state index contributed by atoms with van der Waals surface area (Å²) in [5, 5.41) is 3.35. The van der Waals surface area contributed by atoms with Crippen LogP contribution in [0.15, 0.2) is 12.1 Å². The van der Waals surface area contributed by atoms with Gasteiger partial charge in [-0.15, -0.1) is 0 Å². The standard InChI is InChI=1S/C16H25FN2O/c1-12(2)14-10-13(16(20-3)11-15(14)17)4-7-19-8-5-18-6-9-19/h10-12,18H,4-9H2,1-3H3. The molecule has 1 aliphatic heterocycles. The van der Waals surface area contributed by atoms with Crippen LogP contribution in [-0.2, 0) is 6.42 Å². The van der Waals surface area contributed by atoms with Crippen molar-refractivity contribution < 1.29 is 9.13 Å². The first kappa shape index (κ1) is 15.3. The molecule has 0 saturated carbocycles. The van der Waals surface area contributed by atoms with E-state index in [2.05, 4.69) is 10.2 Å². The number of piperazine rings is 1. The fourth-order valence-electron chi connectivity index (χ4n) is 2.66. The molecule has 1 N–H and O–H groups in total. The van der Waals surface area contributed by atoms with Crippen molar-refractivity contribution in [3.05, 3.63) is 29.1 Å². The monoisotopic (exact) mass is 280 g/mol. The van der Waals surface area contributed by atoms with Gasteiger partial charge in [-0.3, -0.25) is 0 Å². The Labute approximate surface area is 121 Å². The lowest BCUT2D eigenvalue weighted by Gasteiger charge is -2.27. The number of nitrogens with one attached hydrogen (secondary N) is 1. The van der Waals surface area contributed by atoms with E-state index >= 15 is 0 Å². The molecule has 0 aromatic heterocycles. The summed E-state index contributed by atoms with van der Waals surface area (Å²) in [5.41, 5.74) is 1.89. The summed E-state index contributed by atoms with van der Waals surface area (Å²) in [6, 6.07) is 3.50.